The number of hydrogen-bond donors (Lipinski definition) is 1. The third-order valence-corrected chi connectivity index (χ3v) is 4.54. The summed E-state index contributed by atoms with van der Waals surface area (Å²) in [4.78, 5) is 30.5. The van der Waals surface area contributed by atoms with Crippen LogP contribution < -0.4 is 10.9 Å². The Morgan fingerprint density at radius 1 is 1.30 bits per heavy atom. The fraction of sp³-hybridized carbons (Fsp3) is 0.294. The molecule has 3 heterocycles. The minimum atomic E-state index is -2.78. The molecule has 3 aromatic rings. The number of nitrogens with one attached hydrogen (secondary N) is 1. The molecule has 1 fully saturated rings. The standard InChI is InChI=1S/C17H16F2N6O2/c1-23-8-13(14(22-23)15(18)19)21-17(27)24-6-10(7-24)25-9-20-12-5-3-2-4-11(12)16(25)26/h2-5,8-10,15H,6-7H2,1H3,(H,21,27). The van der Waals surface area contributed by atoms with Gasteiger partial charge in [-0.2, -0.15) is 5.10 Å². The summed E-state index contributed by atoms with van der Waals surface area (Å²) in [5.74, 6) is 0. The maximum absolute atomic E-state index is 13.0. The van der Waals surface area contributed by atoms with Crippen molar-refractivity contribution in [1.29, 1.82) is 0 Å². The number of amides is 2. The van der Waals surface area contributed by atoms with Crippen LogP contribution in [-0.4, -0.2) is 43.4 Å². The number of nitrogens with zero attached hydrogens (tertiary/aromatic N) is 5. The van der Waals surface area contributed by atoms with Crippen molar-refractivity contribution in [3.05, 3.63) is 52.8 Å². The summed E-state index contributed by atoms with van der Waals surface area (Å²) in [6.45, 7) is 0.575. The zero-order chi connectivity index (χ0) is 19.1. The number of urea groups is 1. The van der Waals surface area contributed by atoms with Gasteiger partial charge in [0.25, 0.3) is 12.0 Å². The second-order valence-corrected chi connectivity index (χ2v) is 6.37. The summed E-state index contributed by atoms with van der Waals surface area (Å²) in [6, 6.07) is 6.33. The largest absolute Gasteiger partial charge is 0.322 e. The van der Waals surface area contributed by atoms with Gasteiger partial charge in [-0.25, -0.2) is 18.6 Å². The van der Waals surface area contributed by atoms with Gasteiger partial charge in [-0.15, -0.1) is 0 Å². The molecular formula is C17H16F2N6O2. The van der Waals surface area contributed by atoms with E-state index in [0.29, 0.717) is 10.9 Å². The third-order valence-electron chi connectivity index (χ3n) is 4.54. The van der Waals surface area contributed by atoms with E-state index in [0.717, 1.165) is 0 Å². The van der Waals surface area contributed by atoms with Gasteiger partial charge in [0, 0.05) is 26.3 Å². The Balaban J connectivity index is 1.46. The summed E-state index contributed by atoms with van der Waals surface area (Å²) in [5, 5.41) is 6.61. The highest BCUT2D eigenvalue weighted by Gasteiger charge is 2.33. The molecule has 0 aliphatic carbocycles. The SMILES string of the molecule is Cn1cc(NC(=O)N2CC(n3cnc4ccccc4c3=O)C2)c(C(F)F)n1. The van der Waals surface area contributed by atoms with Crippen molar-refractivity contribution < 1.29 is 13.6 Å². The Morgan fingerprint density at radius 3 is 2.78 bits per heavy atom. The summed E-state index contributed by atoms with van der Waals surface area (Å²) < 4.78 is 28.6. The van der Waals surface area contributed by atoms with Crippen LogP contribution in [0.3, 0.4) is 0 Å². The van der Waals surface area contributed by atoms with Crippen LogP contribution in [0.1, 0.15) is 18.2 Å². The van der Waals surface area contributed by atoms with Crippen molar-refractivity contribution in [1.82, 2.24) is 24.2 Å². The van der Waals surface area contributed by atoms with Gasteiger partial charge in [0.15, 0.2) is 5.69 Å². The van der Waals surface area contributed by atoms with Crippen LogP contribution in [0.25, 0.3) is 10.9 Å². The predicted octanol–water partition coefficient (Wildman–Crippen LogP) is 2.16. The first kappa shape index (κ1) is 17.1. The molecule has 1 saturated heterocycles. The van der Waals surface area contributed by atoms with E-state index in [2.05, 4.69) is 15.4 Å². The van der Waals surface area contributed by atoms with E-state index in [1.165, 1.54) is 33.7 Å². The molecule has 0 spiro atoms. The number of rotatable bonds is 3. The van der Waals surface area contributed by atoms with Crippen LogP contribution in [0, 0.1) is 0 Å². The Kier molecular flexibility index (Phi) is 4.09. The highest BCUT2D eigenvalue weighted by atomic mass is 19.3. The van der Waals surface area contributed by atoms with Gasteiger partial charge in [-0.1, -0.05) is 12.1 Å². The molecule has 0 unspecified atom stereocenters. The fourth-order valence-electron chi connectivity index (χ4n) is 3.10. The summed E-state index contributed by atoms with van der Waals surface area (Å²) >= 11 is 0. The molecule has 0 radical (unpaired) electrons. The molecule has 0 saturated carbocycles. The van der Waals surface area contributed by atoms with Gasteiger partial charge >= 0.3 is 6.03 Å². The second kappa shape index (κ2) is 6.45. The van der Waals surface area contributed by atoms with E-state index in [4.69, 9.17) is 0 Å². The normalized spacial score (nSPS) is 14.6. The number of benzene rings is 1. The van der Waals surface area contributed by atoms with E-state index in [9.17, 15) is 18.4 Å². The van der Waals surface area contributed by atoms with E-state index in [1.807, 2.05) is 0 Å². The summed E-state index contributed by atoms with van der Waals surface area (Å²) in [6.07, 6.45) is 0.0162. The molecule has 0 atom stereocenters. The summed E-state index contributed by atoms with van der Waals surface area (Å²) in [5.41, 5.74) is -0.0509. The number of carbonyl (C=O) groups excluding carboxylic acids is 1. The lowest BCUT2D eigenvalue weighted by Gasteiger charge is -2.39. The van der Waals surface area contributed by atoms with Gasteiger partial charge < -0.3 is 10.2 Å². The van der Waals surface area contributed by atoms with Crippen LogP contribution in [0.2, 0.25) is 0 Å². The number of fused-ring (bicyclic) bond motifs is 1. The number of likely N-dealkylation sites (tertiary alicyclic amines) is 1. The minimum absolute atomic E-state index is 0.0227. The van der Waals surface area contributed by atoms with Gasteiger partial charge in [0.2, 0.25) is 0 Å². The lowest BCUT2D eigenvalue weighted by Crippen LogP contribution is -2.54. The molecule has 2 aromatic heterocycles. The Hall–Kier alpha value is -3.30. The molecule has 140 valence electrons. The first-order valence-corrected chi connectivity index (χ1v) is 8.27. The Bertz CT molecular complexity index is 1070. The number of aromatic nitrogens is 4. The quantitative estimate of drug-likeness (QED) is 0.761. The first-order valence-electron chi connectivity index (χ1n) is 8.27. The molecule has 1 aromatic carbocycles. The molecule has 1 aliphatic heterocycles. The monoisotopic (exact) mass is 374 g/mol. The van der Waals surface area contributed by atoms with Crippen LogP contribution in [0.15, 0.2) is 41.6 Å². The third kappa shape index (κ3) is 3.03. The molecule has 1 N–H and O–H groups in total. The lowest BCUT2D eigenvalue weighted by molar-refractivity contribution is 0.132. The van der Waals surface area contributed by atoms with Crippen LogP contribution in [0.5, 0.6) is 0 Å². The molecular weight excluding hydrogens is 358 g/mol. The number of anilines is 1. The number of para-hydroxylation sites is 1. The van der Waals surface area contributed by atoms with Crippen molar-refractivity contribution >= 4 is 22.6 Å². The molecule has 27 heavy (non-hydrogen) atoms. The number of hydrogen-bond acceptors (Lipinski definition) is 4. The molecule has 8 nitrogen and oxygen atoms in total. The van der Waals surface area contributed by atoms with Crippen molar-refractivity contribution in [3.63, 3.8) is 0 Å². The van der Waals surface area contributed by atoms with Crippen LogP contribution in [0.4, 0.5) is 19.3 Å². The van der Waals surface area contributed by atoms with Gasteiger partial charge in [-0.05, 0) is 12.1 Å². The van der Waals surface area contributed by atoms with E-state index in [1.54, 1.807) is 24.3 Å². The van der Waals surface area contributed by atoms with E-state index in [-0.39, 0.29) is 30.4 Å². The van der Waals surface area contributed by atoms with E-state index < -0.39 is 18.2 Å². The average molecular weight is 374 g/mol. The second-order valence-electron chi connectivity index (χ2n) is 6.37. The number of aryl methyl sites for hydroxylation is 1. The highest BCUT2D eigenvalue weighted by molar-refractivity contribution is 5.90. The smallest absolute Gasteiger partial charge is 0.320 e. The highest BCUT2D eigenvalue weighted by Crippen LogP contribution is 2.27. The molecule has 4 rings (SSSR count). The average Bonchev–Trinajstić information content (AvgIpc) is 2.96. The van der Waals surface area contributed by atoms with Gasteiger partial charge in [-0.3, -0.25) is 14.0 Å². The topological polar surface area (TPSA) is 85.0 Å². The van der Waals surface area contributed by atoms with Gasteiger partial charge in [0.1, 0.15) is 0 Å². The Labute approximate surface area is 152 Å². The fourth-order valence-corrected chi connectivity index (χ4v) is 3.10. The van der Waals surface area contributed by atoms with Gasteiger partial charge in [0.05, 0.1) is 29.0 Å². The number of alkyl halides is 2. The Morgan fingerprint density at radius 2 is 2.04 bits per heavy atom. The minimum Gasteiger partial charge on any atom is -0.320 e. The van der Waals surface area contributed by atoms with Crippen molar-refractivity contribution in [2.75, 3.05) is 18.4 Å². The predicted molar refractivity (Wildman–Crippen MR) is 93.8 cm³/mol. The van der Waals surface area contributed by atoms with Crippen molar-refractivity contribution in [2.45, 2.75) is 12.5 Å². The number of halogens is 2. The number of carbonyl (C=O) groups is 1. The lowest BCUT2D eigenvalue weighted by atomic mass is 10.1. The van der Waals surface area contributed by atoms with E-state index >= 15 is 0 Å². The maximum atomic E-state index is 13.0. The molecule has 1 aliphatic rings. The zero-order valence-electron chi connectivity index (χ0n) is 14.3. The zero-order valence-corrected chi connectivity index (χ0v) is 14.3. The first-order chi connectivity index (χ1) is 12.9. The van der Waals surface area contributed by atoms with Crippen LogP contribution in [-0.2, 0) is 7.05 Å². The molecule has 0 bridgehead atoms. The maximum Gasteiger partial charge on any atom is 0.322 e. The van der Waals surface area contributed by atoms with Crippen LogP contribution >= 0.6 is 0 Å². The van der Waals surface area contributed by atoms with Crippen molar-refractivity contribution in [3.8, 4) is 0 Å². The molecule has 2 amide bonds. The molecule has 10 heteroatoms. The van der Waals surface area contributed by atoms with Crippen molar-refractivity contribution in [2.24, 2.45) is 7.05 Å². The summed E-state index contributed by atoms with van der Waals surface area (Å²) in [7, 11) is 1.50.